The number of hydrogen-bond acceptors (Lipinski definition) is 3. The van der Waals surface area contributed by atoms with Crippen molar-refractivity contribution in [3.05, 3.63) is 41.9 Å². The van der Waals surface area contributed by atoms with E-state index in [1.807, 2.05) is 25.4 Å². The van der Waals surface area contributed by atoms with Crippen molar-refractivity contribution in [1.29, 1.82) is 0 Å². The van der Waals surface area contributed by atoms with Crippen molar-refractivity contribution >= 4 is 0 Å². The van der Waals surface area contributed by atoms with Crippen LogP contribution in [0.25, 0.3) is 0 Å². The minimum absolute atomic E-state index is 0.709. The van der Waals surface area contributed by atoms with E-state index in [0.29, 0.717) is 5.92 Å². The van der Waals surface area contributed by atoms with Crippen molar-refractivity contribution in [1.82, 2.24) is 14.5 Å². The molecule has 0 radical (unpaired) electrons. The first-order chi connectivity index (χ1) is 9.70. The van der Waals surface area contributed by atoms with Crippen LogP contribution in [0.2, 0.25) is 0 Å². The van der Waals surface area contributed by atoms with Gasteiger partial charge in [0.2, 0.25) is 0 Å². The molecule has 20 heavy (non-hydrogen) atoms. The van der Waals surface area contributed by atoms with Gasteiger partial charge in [-0.05, 0) is 44.4 Å². The zero-order valence-electron chi connectivity index (χ0n) is 12.4. The molecule has 1 fully saturated rings. The molecule has 1 aliphatic rings. The Morgan fingerprint density at radius 1 is 1.40 bits per heavy atom. The van der Waals surface area contributed by atoms with Gasteiger partial charge in [-0.2, -0.15) is 0 Å². The molecule has 3 rings (SSSR count). The lowest BCUT2D eigenvalue weighted by atomic mass is 9.94. The Kier molecular flexibility index (Phi) is 3.92. The average Bonchev–Trinajstić information content (AvgIpc) is 3.00. The maximum absolute atomic E-state index is 5.69. The molecule has 0 amide bonds. The summed E-state index contributed by atoms with van der Waals surface area (Å²) in [4.78, 5) is 6.96. The molecule has 3 heterocycles. The molecule has 0 aliphatic carbocycles. The lowest BCUT2D eigenvalue weighted by Crippen LogP contribution is -2.35. The van der Waals surface area contributed by atoms with Crippen molar-refractivity contribution in [2.75, 3.05) is 13.1 Å². The highest BCUT2D eigenvalue weighted by Crippen LogP contribution is 2.22. The molecule has 108 valence electrons. The predicted molar refractivity (Wildman–Crippen MR) is 78.4 cm³/mol. The molecule has 0 spiro atoms. The van der Waals surface area contributed by atoms with Crippen LogP contribution in [0, 0.1) is 12.8 Å². The summed E-state index contributed by atoms with van der Waals surface area (Å²) < 4.78 is 7.82. The van der Waals surface area contributed by atoms with Crippen molar-refractivity contribution in [3.63, 3.8) is 0 Å². The van der Waals surface area contributed by atoms with Crippen LogP contribution in [0.3, 0.4) is 0 Å². The summed E-state index contributed by atoms with van der Waals surface area (Å²) in [5, 5.41) is 0. The van der Waals surface area contributed by atoms with Gasteiger partial charge in [0.15, 0.2) is 0 Å². The van der Waals surface area contributed by atoms with Crippen LogP contribution in [-0.4, -0.2) is 27.5 Å². The number of hydrogen-bond donors (Lipinski definition) is 0. The fourth-order valence-electron chi connectivity index (χ4n) is 3.10. The third-order valence-electron chi connectivity index (χ3n) is 4.17. The number of nitrogens with zero attached hydrogens (tertiary/aromatic N) is 3. The van der Waals surface area contributed by atoms with Gasteiger partial charge in [0.25, 0.3) is 0 Å². The summed E-state index contributed by atoms with van der Waals surface area (Å²) in [7, 11) is 2.08. The van der Waals surface area contributed by atoms with Crippen molar-refractivity contribution in [2.45, 2.75) is 32.7 Å². The molecule has 4 heteroatoms. The summed E-state index contributed by atoms with van der Waals surface area (Å²) in [6.07, 6.45) is 7.58. The normalized spacial score (nSPS) is 20.4. The van der Waals surface area contributed by atoms with Crippen molar-refractivity contribution < 1.29 is 4.42 Å². The lowest BCUT2D eigenvalue weighted by molar-refractivity contribution is 0.154. The highest BCUT2D eigenvalue weighted by atomic mass is 16.3. The van der Waals surface area contributed by atoms with Crippen LogP contribution in [-0.2, 0) is 20.0 Å². The van der Waals surface area contributed by atoms with Gasteiger partial charge in [-0.25, -0.2) is 4.98 Å². The molecule has 1 atom stereocenters. The smallest absolute Gasteiger partial charge is 0.118 e. The zero-order chi connectivity index (χ0) is 13.9. The molecule has 0 N–H and O–H groups in total. The van der Waals surface area contributed by atoms with Gasteiger partial charge >= 0.3 is 0 Å². The van der Waals surface area contributed by atoms with Crippen LogP contribution in [0.5, 0.6) is 0 Å². The largest absolute Gasteiger partial charge is 0.465 e. The number of rotatable bonds is 4. The number of imidazole rings is 1. The average molecular weight is 273 g/mol. The Bertz CT molecular complexity index is 558. The quantitative estimate of drug-likeness (QED) is 0.859. The third-order valence-corrected chi connectivity index (χ3v) is 4.17. The van der Waals surface area contributed by atoms with E-state index in [1.165, 1.54) is 25.2 Å². The van der Waals surface area contributed by atoms with Gasteiger partial charge in [-0.3, -0.25) is 4.90 Å². The molecule has 2 aromatic rings. The SMILES string of the molecule is Cc1ccc(CN2CCCC(Cc3nccn3C)C2)o1. The highest BCUT2D eigenvalue weighted by molar-refractivity contribution is 5.05. The van der Waals surface area contributed by atoms with Crippen LogP contribution in [0.1, 0.15) is 30.2 Å². The second-order valence-electron chi connectivity index (χ2n) is 5.91. The van der Waals surface area contributed by atoms with Gasteiger partial charge in [0, 0.05) is 32.4 Å². The Hall–Kier alpha value is -1.55. The van der Waals surface area contributed by atoms with Crippen LogP contribution >= 0.6 is 0 Å². The minimum atomic E-state index is 0.709. The molecule has 0 aromatic carbocycles. The summed E-state index contributed by atoms with van der Waals surface area (Å²) in [6, 6.07) is 4.14. The van der Waals surface area contributed by atoms with Gasteiger partial charge in [0.1, 0.15) is 17.3 Å². The van der Waals surface area contributed by atoms with E-state index < -0.39 is 0 Å². The highest BCUT2D eigenvalue weighted by Gasteiger charge is 2.22. The number of aromatic nitrogens is 2. The van der Waals surface area contributed by atoms with E-state index in [4.69, 9.17) is 4.42 Å². The van der Waals surface area contributed by atoms with Crippen LogP contribution in [0.4, 0.5) is 0 Å². The second-order valence-corrected chi connectivity index (χ2v) is 5.91. The summed E-state index contributed by atoms with van der Waals surface area (Å²) in [5.41, 5.74) is 0. The van der Waals surface area contributed by atoms with Crippen LogP contribution < -0.4 is 0 Å². The monoisotopic (exact) mass is 273 g/mol. The topological polar surface area (TPSA) is 34.2 Å². The van der Waals surface area contributed by atoms with E-state index >= 15 is 0 Å². The molecule has 1 unspecified atom stereocenters. The van der Waals surface area contributed by atoms with Gasteiger partial charge in [-0.1, -0.05) is 0 Å². The number of aryl methyl sites for hydroxylation is 2. The molecule has 1 saturated heterocycles. The Labute approximate surface area is 120 Å². The summed E-state index contributed by atoms with van der Waals surface area (Å²) in [6.45, 7) is 5.26. The Morgan fingerprint density at radius 3 is 3.00 bits per heavy atom. The fraction of sp³-hybridized carbons (Fsp3) is 0.562. The van der Waals surface area contributed by atoms with Gasteiger partial charge < -0.3 is 8.98 Å². The van der Waals surface area contributed by atoms with E-state index in [0.717, 1.165) is 31.0 Å². The van der Waals surface area contributed by atoms with Gasteiger partial charge in [-0.15, -0.1) is 0 Å². The second kappa shape index (κ2) is 5.83. The van der Waals surface area contributed by atoms with Gasteiger partial charge in [0.05, 0.1) is 6.54 Å². The molecule has 0 bridgehead atoms. The third kappa shape index (κ3) is 3.12. The molecule has 4 nitrogen and oxygen atoms in total. The van der Waals surface area contributed by atoms with Crippen molar-refractivity contribution in [2.24, 2.45) is 13.0 Å². The molecule has 2 aromatic heterocycles. The first-order valence-electron chi connectivity index (χ1n) is 7.44. The Balaban J connectivity index is 1.57. The zero-order valence-corrected chi connectivity index (χ0v) is 12.4. The maximum atomic E-state index is 5.69. The van der Waals surface area contributed by atoms with E-state index in [2.05, 4.69) is 27.6 Å². The number of likely N-dealkylation sites (tertiary alicyclic amines) is 1. The number of piperidine rings is 1. The summed E-state index contributed by atoms with van der Waals surface area (Å²) in [5.74, 6) is 3.99. The Morgan fingerprint density at radius 2 is 2.30 bits per heavy atom. The van der Waals surface area contributed by atoms with Crippen molar-refractivity contribution in [3.8, 4) is 0 Å². The van der Waals surface area contributed by atoms with Crippen LogP contribution in [0.15, 0.2) is 28.9 Å². The minimum Gasteiger partial charge on any atom is -0.465 e. The molecule has 0 saturated carbocycles. The molecule has 1 aliphatic heterocycles. The standard InChI is InChI=1S/C16H23N3O/c1-13-5-6-15(20-13)12-19-8-3-4-14(11-19)10-16-17-7-9-18(16)2/h5-7,9,14H,3-4,8,10-12H2,1-2H3. The molecular formula is C16H23N3O. The first-order valence-corrected chi connectivity index (χ1v) is 7.44. The summed E-state index contributed by atoms with van der Waals surface area (Å²) >= 11 is 0. The first kappa shape index (κ1) is 13.4. The number of furan rings is 1. The van der Waals surface area contributed by atoms with E-state index in [-0.39, 0.29) is 0 Å². The fourth-order valence-corrected chi connectivity index (χ4v) is 3.10. The predicted octanol–water partition coefficient (Wildman–Crippen LogP) is 2.78. The van der Waals surface area contributed by atoms with E-state index in [9.17, 15) is 0 Å². The molecular weight excluding hydrogens is 250 g/mol. The van der Waals surface area contributed by atoms with E-state index in [1.54, 1.807) is 0 Å². The maximum Gasteiger partial charge on any atom is 0.118 e. The lowest BCUT2D eigenvalue weighted by Gasteiger charge is -2.32.